The lowest BCUT2D eigenvalue weighted by Gasteiger charge is -2.21. The van der Waals surface area contributed by atoms with E-state index in [0.717, 1.165) is 45.9 Å². The summed E-state index contributed by atoms with van der Waals surface area (Å²) in [5.41, 5.74) is 0. The quantitative estimate of drug-likeness (QED) is 0.554. The van der Waals surface area contributed by atoms with Crippen molar-refractivity contribution in [1.82, 2.24) is 5.32 Å². The van der Waals surface area contributed by atoms with Gasteiger partial charge >= 0.3 is 0 Å². The van der Waals surface area contributed by atoms with Crippen molar-refractivity contribution in [2.45, 2.75) is 18.9 Å². The van der Waals surface area contributed by atoms with Crippen molar-refractivity contribution in [3.05, 3.63) is 0 Å². The molecule has 0 radical (unpaired) electrons. The van der Waals surface area contributed by atoms with Crippen molar-refractivity contribution in [3.63, 3.8) is 0 Å². The monoisotopic (exact) mass is 261 g/mol. The fourth-order valence-electron chi connectivity index (χ4n) is 2.04. The third kappa shape index (κ3) is 6.66. The lowest BCUT2D eigenvalue weighted by Crippen LogP contribution is -2.38. The highest BCUT2D eigenvalue weighted by atomic mass is 16.5. The van der Waals surface area contributed by atoms with Crippen LogP contribution in [-0.2, 0) is 18.9 Å². The van der Waals surface area contributed by atoms with Gasteiger partial charge in [0.2, 0.25) is 0 Å². The Bertz CT molecular complexity index is 186. The Hall–Kier alpha value is -0.200. The van der Waals surface area contributed by atoms with Crippen molar-refractivity contribution < 1.29 is 18.9 Å². The first kappa shape index (κ1) is 15.9. The van der Waals surface area contributed by atoms with Crippen LogP contribution in [0.25, 0.3) is 0 Å². The van der Waals surface area contributed by atoms with E-state index in [1.54, 1.807) is 7.11 Å². The third-order valence-corrected chi connectivity index (χ3v) is 3.21. The molecule has 5 heteroatoms. The number of likely N-dealkylation sites (N-methyl/N-ethyl adjacent to an activating group) is 1. The average molecular weight is 261 g/mol. The fraction of sp³-hybridized carbons (Fsp3) is 1.00. The molecule has 1 aliphatic heterocycles. The molecule has 0 saturated carbocycles. The fourth-order valence-corrected chi connectivity index (χ4v) is 2.04. The minimum absolute atomic E-state index is 0.405. The lowest BCUT2D eigenvalue weighted by atomic mass is 10.0. The maximum atomic E-state index is 5.68. The van der Waals surface area contributed by atoms with Crippen LogP contribution in [0.5, 0.6) is 0 Å². The number of hydrogen-bond donors (Lipinski definition) is 1. The zero-order chi connectivity index (χ0) is 13.1. The molecule has 0 amide bonds. The van der Waals surface area contributed by atoms with Gasteiger partial charge in [-0.2, -0.15) is 0 Å². The predicted octanol–water partition coefficient (Wildman–Crippen LogP) is 0.681. The van der Waals surface area contributed by atoms with Gasteiger partial charge < -0.3 is 24.3 Å². The van der Waals surface area contributed by atoms with E-state index in [0.29, 0.717) is 25.2 Å². The Kier molecular flexibility index (Phi) is 9.42. The van der Waals surface area contributed by atoms with Gasteiger partial charge in [-0.25, -0.2) is 0 Å². The summed E-state index contributed by atoms with van der Waals surface area (Å²) in [6.45, 7) is 5.30. The summed E-state index contributed by atoms with van der Waals surface area (Å²) >= 11 is 0. The van der Waals surface area contributed by atoms with Gasteiger partial charge in [-0.1, -0.05) is 0 Å². The van der Waals surface area contributed by atoms with E-state index < -0.39 is 0 Å². The van der Waals surface area contributed by atoms with Crippen LogP contribution in [0.4, 0.5) is 0 Å². The van der Waals surface area contributed by atoms with Crippen LogP contribution < -0.4 is 5.32 Å². The van der Waals surface area contributed by atoms with Crippen molar-refractivity contribution in [2.75, 3.05) is 60.4 Å². The Morgan fingerprint density at radius 1 is 1.22 bits per heavy atom. The zero-order valence-corrected chi connectivity index (χ0v) is 11.7. The van der Waals surface area contributed by atoms with Gasteiger partial charge in [0.05, 0.1) is 26.4 Å². The standard InChI is InChI=1S/C13H27NO4/c1-14-13(12-4-7-18-10-12)11-17-6-3-5-16-9-8-15-2/h12-14H,3-11H2,1-2H3. The van der Waals surface area contributed by atoms with Crippen LogP contribution in [0, 0.1) is 5.92 Å². The molecule has 108 valence electrons. The molecule has 0 aromatic heterocycles. The van der Waals surface area contributed by atoms with Gasteiger partial charge in [-0.15, -0.1) is 0 Å². The van der Waals surface area contributed by atoms with E-state index in [-0.39, 0.29) is 0 Å². The second-order valence-electron chi connectivity index (χ2n) is 4.55. The molecule has 0 aromatic rings. The van der Waals surface area contributed by atoms with E-state index in [4.69, 9.17) is 18.9 Å². The van der Waals surface area contributed by atoms with Gasteiger partial charge in [0.1, 0.15) is 0 Å². The summed E-state index contributed by atoms with van der Waals surface area (Å²) in [6, 6.07) is 0.405. The average Bonchev–Trinajstić information content (AvgIpc) is 2.91. The molecule has 18 heavy (non-hydrogen) atoms. The first-order chi connectivity index (χ1) is 8.88. The third-order valence-electron chi connectivity index (χ3n) is 3.21. The van der Waals surface area contributed by atoms with Gasteiger partial charge in [0.25, 0.3) is 0 Å². The van der Waals surface area contributed by atoms with E-state index in [9.17, 15) is 0 Å². The zero-order valence-electron chi connectivity index (χ0n) is 11.7. The molecular weight excluding hydrogens is 234 g/mol. The highest BCUT2D eigenvalue weighted by molar-refractivity contribution is 4.77. The molecule has 5 nitrogen and oxygen atoms in total. The molecular formula is C13H27NO4. The minimum Gasteiger partial charge on any atom is -0.382 e. The summed E-state index contributed by atoms with van der Waals surface area (Å²) in [4.78, 5) is 0. The number of rotatable bonds is 11. The molecule has 0 aromatic carbocycles. The Balaban J connectivity index is 1.92. The molecule has 1 N–H and O–H groups in total. The van der Waals surface area contributed by atoms with E-state index >= 15 is 0 Å². The van der Waals surface area contributed by atoms with Crippen LogP contribution in [0.3, 0.4) is 0 Å². The summed E-state index contributed by atoms with van der Waals surface area (Å²) in [6.07, 6.45) is 2.07. The number of methoxy groups -OCH3 is 1. The summed E-state index contributed by atoms with van der Waals surface area (Å²) in [5.74, 6) is 0.591. The molecule has 1 saturated heterocycles. The van der Waals surface area contributed by atoms with Crippen molar-refractivity contribution in [2.24, 2.45) is 5.92 Å². The maximum absolute atomic E-state index is 5.68. The largest absolute Gasteiger partial charge is 0.382 e. The molecule has 1 fully saturated rings. The maximum Gasteiger partial charge on any atom is 0.0700 e. The molecule has 0 bridgehead atoms. The smallest absolute Gasteiger partial charge is 0.0700 e. The van der Waals surface area contributed by atoms with Gasteiger partial charge in [-0.3, -0.25) is 0 Å². The predicted molar refractivity (Wildman–Crippen MR) is 69.9 cm³/mol. The summed E-state index contributed by atoms with van der Waals surface area (Å²) < 4.78 is 21.3. The molecule has 1 aliphatic rings. The van der Waals surface area contributed by atoms with Crippen molar-refractivity contribution >= 4 is 0 Å². The number of hydrogen-bond acceptors (Lipinski definition) is 5. The second-order valence-corrected chi connectivity index (χ2v) is 4.55. The van der Waals surface area contributed by atoms with Gasteiger partial charge in [0, 0.05) is 38.9 Å². The Morgan fingerprint density at radius 2 is 2.06 bits per heavy atom. The lowest BCUT2D eigenvalue weighted by molar-refractivity contribution is 0.0433. The van der Waals surface area contributed by atoms with Crippen LogP contribution >= 0.6 is 0 Å². The van der Waals surface area contributed by atoms with Gasteiger partial charge in [-0.05, 0) is 19.9 Å². The van der Waals surface area contributed by atoms with Crippen LogP contribution in [0.15, 0.2) is 0 Å². The van der Waals surface area contributed by atoms with Crippen molar-refractivity contribution in [1.29, 1.82) is 0 Å². The van der Waals surface area contributed by atoms with Gasteiger partial charge in [0.15, 0.2) is 0 Å². The highest BCUT2D eigenvalue weighted by Crippen LogP contribution is 2.16. The Labute approximate surface area is 110 Å². The van der Waals surface area contributed by atoms with Crippen LogP contribution in [-0.4, -0.2) is 66.4 Å². The van der Waals surface area contributed by atoms with Crippen LogP contribution in [0.1, 0.15) is 12.8 Å². The van der Waals surface area contributed by atoms with E-state index in [1.807, 2.05) is 7.05 Å². The molecule has 0 spiro atoms. The first-order valence-electron chi connectivity index (χ1n) is 6.78. The minimum atomic E-state index is 0.405. The topological polar surface area (TPSA) is 49.0 Å². The summed E-state index contributed by atoms with van der Waals surface area (Å²) in [5, 5.41) is 3.31. The normalized spacial score (nSPS) is 21.3. The Morgan fingerprint density at radius 3 is 2.72 bits per heavy atom. The molecule has 2 atom stereocenters. The number of nitrogens with one attached hydrogen (secondary N) is 1. The first-order valence-corrected chi connectivity index (χ1v) is 6.78. The summed E-state index contributed by atoms with van der Waals surface area (Å²) in [7, 11) is 3.66. The molecule has 0 aliphatic carbocycles. The second kappa shape index (κ2) is 10.7. The molecule has 1 heterocycles. The van der Waals surface area contributed by atoms with E-state index in [1.165, 1.54) is 0 Å². The number of ether oxygens (including phenoxy) is 4. The highest BCUT2D eigenvalue weighted by Gasteiger charge is 2.24. The molecule has 1 rings (SSSR count). The molecule has 2 unspecified atom stereocenters. The van der Waals surface area contributed by atoms with Crippen LogP contribution in [0.2, 0.25) is 0 Å². The van der Waals surface area contributed by atoms with E-state index in [2.05, 4.69) is 5.32 Å². The SMILES string of the molecule is CNC(COCCCOCCOC)C1CCOC1. The van der Waals surface area contributed by atoms with Crippen molar-refractivity contribution in [3.8, 4) is 0 Å².